The number of hydrogen-bond donors (Lipinski definition) is 2. The Morgan fingerprint density at radius 1 is 1.03 bits per heavy atom. The zero-order chi connectivity index (χ0) is 20.7. The first-order valence-electron chi connectivity index (χ1n) is 10.5. The molecule has 0 aromatic heterocycles. The highest BCUT2D eigenvalue weighted by molar-refractivity contribution is 5.44. The third-order valence-corrected chi connectivity index (χ3v) is 6.37. The lowest BCUT2D eigenvalue weighted by Crippen LogP contribution is -2.51. The van der Waals surface area contributed by atoms with Crippen LogP contribution in [0.25, 0.3) is 0 Å². The Balaban J connectivity index is 1.22. The molecule has 7 heteroatoms. The van der Waals surface area contributed by atoms with Crippen molar-refractivity contribution in [1.82, 2.24) is 4.90 Å². The topological polar surface area (TPSA) is 71.4 Å². The highest BCUT2D eigenvalue weighted by atomic mass is 19.1. The Bertz CT molecular complexity index is 928. The maximum atomic E-state index is 13.5. The zero-order valence-corrected chi connectivity index (χ0v) is 16.7. The molecule has 1 saturated heterocycles. The number of ether oxygens (including phenoxy) is 3. The SMILES string of the molecule is O[C@H](CN1CCC2(CC1)C[C@@H](O)c1cc(F)ccc1O2)c1ccc2c(c1)OCCO2. The molecule has 2 atom stereocenters. The summed E-state index contributed by atoms with van der Waals surface area (Å²) in [6, 6.07) is 9.89. The van der Waals surface area contributed by atoms with E-state index >= 15 is 0 Å². The number of fused-ring (bicyclic) bond motifs is 2. The summed E-state index contributed by atoms with van der Waals surface area (Å²) in [4.78, 5) is 2.21. The van der Waals surface area contributed by atoms with E-state index in [1.54, 1.807) is 6.07 Å². The van der Waals surface area contributed by atoms with Gasteiger partial charge in [0.05, 0.1) is 12.2 Å². The summed E-state index contributed by atoms with van der Waals surface area (Å²) in [5.41, 5.74) is 0.889. The van der Waals surface area contributed by atoms with Crippen molar-refractivity contribution < 1.29 is 28.8 Å². The van der Waals surface area contributed by atoms with Crippen molar-refractivity contribution >= 4 is 0 Å². The van der Waals surface area contributed by atoms with Crippen molar-refractivity contribution in [3.05, 3.63) is 53.3 Å². The predicted octanol–water partition coefficient (Wildman–Crippen LogP) is 2.98. The average Bonchev–Trinajstić information content (AvgIpc) is 2.76. The first kappa shape index (κ1) is 19.6. The molecule has 0 radical (unpaired) electrons. The van der Waals surface area contributed by atoms with Crippen LogP contribution in [0.3, 0.4) is 0 Å². The molecular formula is C23H26FNO5. The van der Waals surface area contributed by atoms with Crippen molar-refractivity contribution in [3.8, 4) is 17.2 Å². The number of aliphatic hydroxyl groups excluding tert-OH is 2. The molecule has 2 N–H and O–H groups in total. The van der Waals surface area contributed by atoms with Gasteiger partial charge in [-0.25, -0.2) is 4.39 Å². The van der Waals surface area contributed by atoms with E-state index in [1.165, 1.54) is 12.1 Å². The Labute approximate surface area is 174 Å². The third-order valence-electron chi connectivity index (χ3n) is 6.37. The zero-order valence-electron chi connectivity index (χ0n) is 16.7. The van der Waals surface area contributed by atoms with Crippen molar-refractivity contribution in [2.24, 2.45) is 0 Å². The molecule has 0 unspecified atom stereocenters. The van der Waals surface area contributed by atoms with Gasteiger partial charge in [0.2, 0.25) is 0 Å². The van der Waals surface area contributed by atoms with Gasteiger partial charge in [0.15, 0.2) is 11.5 Å². The lowest BCUT2D eigenvalue weighted by molar-refractivity contribution is -0.0589. The van der Waals surface area contributed by atoms with Crippen molar-refractivity contribution in [2.45, 2.75) is 37.1 Å². The normalized spacial score (nSPS) is 23.5. The summed E-state index contributed by atoms with van der Waals surface area (Å²) in [5.74, 6) is 1.59. The number of hydrogen-bond acceptors (Lipinski definition) is 6. The quantitative estimate of drug-likeness (QED) is 0.803. The van der Waals surface area contributed by atoms with Crippen LogP contribution < -0.4 is 14.2 Å². The van der Waals surface area contributed by atoms with E-state index < -0.39 is 17.8 Å². The fourth-order valence-electron chi connectivity index (χ4n) is 4.68. The van der Waals surface area contributed by atoms with Crippen LogP contribution in [0, 0.1) is 5.82 Å². The Hall–Kier alpha value is -2.35. The molecular weight excluding hydrogens is 389 g/mol. The number of nitrogens with zero attached hydrogens (tertiary/aromatic N) is 1. The molecule has 160 valence electrons. The molecule has 3 heterocycles. The smallest absolute Gasteiger partial charge is 0.161 e. The highest BCUT2D eigenvalue weighted by Crippen LogP contribution is 2.44. The Morgan fingerprint density at radius 3 is 2.57 bits per heavy atom. The summed E-state index contributed by atoms with van der Waals surface area (Å²) < 4.78 is 30.9. The van der Waals surface area contributed by atoms with E-state index in [9.17, 15) is 14.6 Å². The second-order valence-corrected chi connectivity index (χ2v) is 8.41. The maximum absolute atomic E-state index is 13.5. The number of benzene rings is 2. The lowest BCUT2D eigenvalue weighted by atomic mass is 9.81. The molecule has 1 spiro atoms. The van der Waals surface area contributed by atoms with Gasteiger partial charge in [0, 0.05) is 31.6 Å². The fraction of sp³-hybridized carbons (Fsp3) is 0.478. The standard InChI is InChI=1S/C23H26FNO5/c24-16-2-4-20-17(12-16)18(26)13-23(30-20)5-7-25(8-6-23)14-19(27)15-1-3-21-22(11-15)29-10-9-28-21/h1-4,11-12,18-19,26-27H,5-10,13-14H2/t18-,19-/m1/s1. The average molecular weight is 415 g/mol. The van der Waals surface area contributed by atoms with Gasteiger partial charge in [-0.15, -0.1) is 0 Å². The minimum Gasteiger partial charge on any atom is -0.487 e. The van der Waals surface area contributed by atoms with E-state index in [-0.39, 0.29) is 5.82 Å². The summed E-state index contributed by atoms with van der Waals surface area (Å²) in [7, 11) is 0. The minimum absolute atomic E-state index is 0.365. The Morgan fingerprint density at radius 2 is 1.77 bits per heavy atom. The van der Waals surface area contributed by atoms with E-state index in [0.29, 0.717) is 49.0 Å². The fourth-order valence-corrected chi connectivity index (χ4v) is 4.68. The molecule has 0 saturated carbocycles. The molecule has 0 aliphatic carbocycles. The van der Waals surface area contributed by atoms with Gasteiger partial charge < -0.3 is 29.3 Å². The molecule has 0 amide bonds. The predicted molar refractivity (Wildman–Crippen MR) is 107 cm³/mol. The highest BCUT2D eigenvalue weighted by Gasteiger charge is 2.43. The molecule has 30 heavy (non-hydrogen) atoms. The number of β-amino-alcohol motifs (C(OH)–C–C–N with tert-alkyl or cyclic N) is 1. The first-order valence-corrected chi connectivity index (χ1v) is 10.5. The van der Waals surface area contributed by atoms with E-state index in [1.807, 2.05) is 18.2 Å². The van der Waals surface area contributed by atoms with E-state index in [0.717, 1.165) is 31.5 Å². The molecule has 3 aliphatic rings. The first-order chi connectivity index (χ1) is 14.5. The van der Waals surface area contributed by atoms with Crippen LogP contribution in [-0.2, 0) is 0 Å². The van der Waals surface area contributed by atoms with Gasteiger partial charge in [0.25, 0.3) is 0 Å². The lowest BCUT2D eigenvalue weighted by Gasteiger charge is -2.46. The van der Waals surface area contributed by atoms with Crippen molar-refractivity contribution in [1.29, 1.82) is 0 Å². The minimum atomic E-state index is -0.723. The molecule has 2 aromatic rings. The Kier molecular flexibility index (Phi) is 5.05. The van der Waals surface area contributed by atoms with Crippen LogP contribution in [-0.4, -0.2) is 53.6 Å². The molecule has 6 nitrogen and oxygen atoms in total. The molecule has 1 fully saturated rings. The molecule has 0 bridgehead atoms. The van der Waals surface area contributed by atoms with Crippen LogP contribution in [0.2, 0.25) is 0 Å². The van der Waals surface area contributed by atoms with Crippen LogP contribution in [0.5, 0.6) is 17.2 Å². The molecule has 2 aromatic carbocycles. The number of halogens is 1. The third kappa shape index (κ3) is 3.73. The molecule has 3 aliphatic heterocycles. The van der Waals surface area contributed by atoms with Crippen LogP contribution in [0.15, 0.2) is 36.4 Å². The van der Waals surface area contributed by atoms with E-state index in [4.69, 9.17) is 14.2 Å². The number of likely N-dealkylation sites (tertiary alicyclic amines) is 1. The number of piperidine rings is 1. The van der Waals surface area contributed by atoms with Crippen LogP contribution in [0.1, 0.15) is 42.6 Å². The van der Waals surface area contributed by atoms with E-state index in [2.05, 4.69) is 4.90 Å². The van der Waals surface area contributed by atoms with Crippen LogP contribution in [0.4, 0.5) is 4.39 Å². The largest absolute Gasteiger partial charge is 0.487 e. The number of aliphatic hydroxyl groups is 2. The van der Waals surface area contributed by atoms with Crippen molar-refractivity contribution in [3.63, 3.8) is 0 Å². The van der Waals surface area contributed by atoms with Gasteiger partial charge in [-0.1, -0.05) is 6.07 Å². The second kappa shape index (κ2) is 7.72. The maximum Gasteiger partial charge on any atom is 0.161 e. The number of rotatable bonds is 3. The summed E-state index contributed by atoms with van der Waals surface area (Å²) in [6.45, 7) is 3.08. The molecule has 5 rings (SSSR count). The van der Waals surface area contributed by atoms with Gasteiger partial charge in [-0.05, 0) is 48.7 Å². The van der Waals surface area contributed by atoms with Crippen molar-refractivity contribution in [2.75, 3.05) is 32.8 Å². The van der Waals surface area contributed by atoms with Gasteiger partial charge in [-0.2, -0.15) is 0 Å². The van der Waals surface area contributed by atoms with Gasteiger partial charge >= 0.3 is 0 Å². The summed E-state index contributed by atoms with van der Waals surface area (Å²) >= 11 is 0. The second-order valence-electron chi connectivity index (χ2n) is 8.41. The summed E-state index contributed by atoms with van der Waals surface area (Å²) in [6.07, 6.45) is 0.599. The monoisotopic (exact) mass is 415 g/mol. The van der Waals surface area contributed by atoms with Gasteiger partial charge in [-0.3, -0.25) is 0 Å². The van der Waals surface area contributed by atoms with Crippen LogP contribution >= 0.6 is 0 Å². The summed E-state index contributed by atoms with van der Waals surface area (Å²) in [5, 5.41) is 21.3. The van der Waals surface area contributed by atoms with Gasteiger partial charge in [0.1, 0.15) is 30.4 Å².